The van der Waals surface area contributed by atoms with Crippen molar-refractivity contribution in [2.45, 2.75) is 31.8 Å². The summed E-state index contributed by atoms with van der Waals surface area (Å²) in [6.07, 6.45) is 4.08. The zero-order chi connectivity index (χ0) is 17.5. The van der Waals surface area contributed by atoms with Gasteiger partial charge in [-0.15, -0.1) is 0 Å². The Bertz CT molecular complexity index is 705. The number of carbonyl (C=O) groups is 1. The van der Waals surface area contributed by atoms with Crippen LogP contribution < -0.4 is 9.47 Å². The fraction of sp³-hybridized carbons (Fsp3) is 0.421. The number of allylic oxidation sites excluding steroid dienone is 3. The molecule has 2 atom stereocenters. The molecular formula is C19H23O4P. The summed E-state index contributed by atoms with van der Waals surface area (Å²) in [5.74, 6) is 1.84. The minimum absolute atomic E-state index is 0.0544. The third kappa shape index (κ3) is 2.73. The summed E-state index contributed by atoms with van der Waals surface area (Å²) in [6.45, 7) is 6.62. The number of carbonyl (C=O) groups excluding carboxylic acids is 1. The topological polar surface area (TPSA) is 44.8 Å². The fourth-order valence-electron chi connectivity index (χ4n) is 3.23. The number of hydrogen-bond acceptors (Lipinski definition) is 4. The van der Waals surface area contributed by atoms with E-state index in [0.717, 1.165) is 16.6 Å². The van der Waals surface area contributed by atoms with Crippen LogP contribution in [0.15, 0.2) is 41.4 Å². The van der Waals surface area contributed by atoms with Gasteiger partial charge in [0.15, 0.2) is 5.78 Å². The highest BCUT2D eigenvalue weighted by molar-refractivity contribution is 7.63. The molecule has 5 heteroatoms. The predicted octanol–water partition coefficient (Wildman–Crippen LogP) is 4.41. The molecule has 2 unspecified atom stereocenters. The maximum absolute atomic E-state index is 12.9. The number of hydrogen-bond donors (Lipinski definition) is 0. The van der Waals surface area contributed by atoms with Gasteiger partial charge in [0.05, 0.1) is 25.7 Å². The highest BCUT2D eigenvalue weighted by Crippen LogP contribution is 2.66. The monoisotopic (exact) mass is 346 g/mol. The molecule has 0 aromatic heterocycles. The van der Waals surface area contributed by atoms with E-state index in [0.29, 0.717) is 17.8 Å². The minimum atomic E-state index is -0.594. The van der Waals surface area contributed by atoms with Crippen LogP contribution in [-0.2, 0) is 9.53 Å². The van der Waals surface area contributed by atoms with Crippen molar-refractivity contribution in [3.8, 4) is 11.5 Å². The smallest absolute Gasteiger partial charge is 0.168 e. The standard InChI is InChI=1S/C19H23O4P/c1-19(2,3)24-11-23-15-10-9-12(20)16(18(15)24)17-13(21-4)7-6-8-14(17)22-5/h6-10,16H,11H2,1-5H3. The fourth-order valence-corrected chi connectivity index (χ4v) is 5.72. The molecule has 1 aliphatic carbocycles. The molecule has 1 aromatic carbocycles. The van der Waals surface area contributed by atoms with Crippen LogP contribution in [-0.4, -0.2) is 31.5 Å². The zero-order valence-corrected chi connectivity index (χ0v) is 15.6. The van der Waals surface area contributed by atoms with Gasteiger partial charge in [-0.3, -0.25) is 4.79 Å². The Morgan fingerprint density at radius 1 is 1.12 bits per heavy atom. The summed E-state index contributed by atoms with van der Waals surface area (Å²) in [5, 5.41) is 1.17. The molecule has 0 saturated heterocycles. The normalized spacial score (nSPS) is 23.1. The highest BCUT2D eigenvalue weighted by Gasteiger charge is 2.44. The van der Waals surface area contributed by atoms with Gasteiger partial charge >= 0.3 is 0 Å². The van der Waals surface area contributed by atoms with Gasteiger partial charge in [-0.25, -0.2) is 0 Å². The second-order valence-corrected chi connectivity index (χ2v) is 9.80. The van der Waals surface area contributed by atoms with Crippen molar-refractivity contribution >= 4 is 13.7 Å². The number of methoxy groups -OCH3 is 2. The first-order valence-corrected chi connectivity index (χ1v) is 9.48. The van der Waals surface area contributed by atoms with Crippen molar-refractivity contribution in [3.63, 3.8) is 0 Å². The van der Waals surface area contributed by atoms with Gasteiger partial charge in [-0.05, 0) is 37.4 Å². The quantitative estimate of drug-likeness (QED) is 0.761. The Balaban J connectivity index is 2.20. The van der Waals surface area contributed by atoms with E-state index in [1.807, 2.05) is 24.3 Å². The van der Waals surface area contributed by atoms with Crippen molar-refractivity contribution in [2.75, 3.05) is 20.6 Å². The summed E-state index contributed by atoms with van der Waals surface area (Å²) in [6, 6.07) is 5.62. The minimum Gasteiger partial charge on any atom is -0.496 e. The lowest BCUT2D eigenvalue weighted by atomic mass is 9.89. The van der Waals surface area contributed by atoms with Crippen molar-refractivity contribution in [1.82, 2.24) is 0 Å². The molecular weight excluding hydrogens is 323 g/mol. The third-order valence-corrected chi connectivity index (χ3v) is 7.48. The van der Waals surface area contributed by atoms with Crippen LogP contribution >= 0.6 is 7.92 Å². The number of rotatable bonds is 3. The Kier molecular flexibility index (Phi) is 4.44. The van der Waals surface area contributed by atoms with Crippen LogP contribution in [0.2, 0.25) is 0 Å². The highest BCUT2D eigenvalue weighted by atomic mass is 31.1. The number of ether oxygens (including phenoxy) is 3. The molecule has 1 aliphatic heterocycles. The van der Waals surface area contributed by atoms with Crippen LogP contribution in [0.3, 0.4) is 0 Å². The predicted molar refractivity (Wildman–Crippen MR) is 96.1 cm³/mol. The van der Waals surface area contributed by atoms with Gasteiger partial charge in [0.25, 0.3) is 0 Å². The van der Waals surface area contributed by atoms with E-state index >= 15 is 0 Å². The molecule has 0 bridgehead atoms. The Labute approximate surface area is 144 Å². The van der Waals surface area contributed by atoms with E-state index in [9.17, 15) is 4.79 Å². The third-order valence-electron chi connectivity index (χ3n) is 4.41. The SMILES string of the molecule is COc1cccc(OC)c1C1C(=O)C=CC2=C1P(C(C)(C)C)CO2. The molecule has 24 heavy (non-hydrogen) atoms. The first kappa shape index (κ1) is 17.0. The lowest BCUT2D eigenvalue weighted by Crippen LogP contribution is -2.21. The van der Waals surface area contributed by atoms with E-state index < -0.39 is 13.8 Å². The van der Waals surface area contributed by atoms with Crippen molar-refractivity contribution in [2.24, 2.45) is 0 Å². The average molecular weight is 346 g/mol. The van der Waals surface area contributed by atoms with E-state index in [1.54, 1.807) is 20.3 Å². The molecule has 0 N–H and O–H groups in total. The molecule has 4 nitrogen and oxygen atoms in total. The Morgan fingerprint density at radius 3 is 2.29 bits per heavy atom. The molecule has 1 heterocycles. The van der Waals surface area contributed by atoms with Crippen LogP contribution in [0.4, 0.5) is 0 Å². The maximum Gasteiger partial charge on any atom is 0.168 e. The first-order valence-electron chi connectivity index (χ1n) is 7.96. The molecule has 1 aromatic rings. The molecule has 0 spiro atoms. The summed E-state index contributed by atoms with van der Waals surface area (Å²) in [4.78, 5) is 12.9. The van der Waals surface area contributed by atoms with Crippen molar-refractivity contribution < 1.29 is 19.0 Å². The molecule has 0 fully saturated rings. The summed E-state index contributed by atoms with van der Waals surface area (Å²) in [5.41, 5.74) is 0.798. The van der Waals surface area contributed by atoms with Gasteiger partial charge < -0.3 is 14.2 Å². The molecule has 0 amide bonds. The molecule has 128 valence electrons. The Hall–Kier alpha value is -1.80. The van der Waals surface area contributed by atoms with Gasteiger partial charge in [-0.2, -0.15) is 0 Å². The van der Waals surface area contributed by atoms with Crippen LogP contribution in [0.5, 0.6) is 11.5 Å². The summed E-state index contributed by atoms with van der Waals surface area (Å²) < 4.78 is 17.0. The lowest BCUT2D eigenvalue weighted by molar-refractivity contribution is -0.115. The molecule has 0 radical (unpaired) electrons. The maximum atomic E-state index is 12.9. The Morgan fingerprint density at radius 2 is 1.75 bits per heavy atom. The van der Waals surface area contributed by atoms with Crippen molar-refractivity contribution in [1.29, 1.82) is 0 Å². The van der Waals surface area contributed by atoms with Gasteiger partial charge in [0.1, 0.15) is 23.6 Å². The lowest BCUT2D eigenvalue weighted by Gasteiger charge is -2.32. The average Bonchev–Trinajstić information content (AvgIpc) is 2.98. The van der Waals surface area contributed by atoms with Crippen LogP contribution in [0, 0.1) is 0 Å². The van der Waals surface area contributed by atoms with Crippen molar-refractivity contribution in [3.05, 3.63) is 47.0 Å². The number of ketones is 1. The first-order chi connectivity index (χ1) is 11.4. The second-order valence-electron chi connectivity index (χ2n) is 6.87. The van der Waals surface area contributed by atoms with E-state index in [4.69, 9.17) is 14.2 Å². The van der Waals surface area contributed by atoms with Crippen LogP contribution in [0.1, 0.15) is 32.3 Å². The number of benzene rings is 1. The largest absolute Gasteiger partial charge is 0.496 e. The van der Waals surface area contributed by atoms with E-state index in [2.05, 4.69) is 20.8 Å². The van der Waals surface area contributed by atoms with E-state index in [1.165, 1.54) is 0 Å². The molecule has 0 saturated carbocycles. The molecule has 3 rings (SSSR count). The zero-order valence-electron chi connectivity index (χ0n) is 14.8. The van der Waals surface area contributed by atoms with Gasteiger partial charge in [-0.1, -0.05) is 26.8 Å². The molecule has 2 aliphatic rings. The second kappa shape index (κ2) is 6.25. The van der Waals surface area contributed by atoms with Crippen LogP contribution in [0.25, 0.3) is 0 Å². The summed E-state index contributed by atoms with van der Waals surface area (Å²) >= 11 is 0. The van der Waals surface area contributed by atoms with Gasteiger partial charge in [0.2, 0.25) is 0 Å². The van der Waals surface area contributed by atoms with E-state index in [-0.39, 0.29) is 10.9 Å². The summed E-state index contributed by atoms with van der Waals surface area (Å²) in [7, 11) is 2.65. The van der Waals surface area contributed by atoms with Gasteiger partial charge in [0, 0.05) is 5.31 Å².